The lowest BCUT2D eigenvalue weighted by Crippen LogP contribution is -2.44. The van der Waals surface area contributed by atoms with Crippen LogP contribution in [0.3, 0.4) is 0 Å². The molecule has 1 atom stereocenters. The standard InChI is InChI=1S/C38H55NO10/c1-36(2,3)48-34(42)38(7,35(43)49-37(4,5)6)22-16-12-13-19-32(41)39-27-17-14-15-18-30(45-9)33(47-11)31(46-10)23-25-20-21-29(44-8)28(40)24-26(25)27/h15,18,20-21,23-24,27H,12-14,16-17,19,22H2,1-11H3,(H,39,41)/t27-/m0/s1. The van der Waals surface area contributed by atoms with E-state index in [0.29, 0.717) is 60.5 Å². The topological polar surface area (TPSA) is 136 Å². The number of amides is 1. The van der Waals surface area contributed by atoms with Crippen LogP contribution < -0.4 is 15.5 Å². The molecule has 0 radical (unpaired) electrons. The zero-order valence-corrected chi connectivity index (χ0v) is 31.1. The molecule has 272 valence electrons. The molecule has 0 fully saturated rings. The van der Waals surface area contributed by atoms with Gasteiger partial charge in [-0.05, 0) is 110 Å². The van der Waals surface area contributed by atoms with Gasteiger partial charge in [-0.2, -0.15) is 0 Å². The van der Waals surface area contributed by atoms with Crippen LogP contribution in [0.15, 0.2) is 52.4 Å². The van der Waals surface area contributed by atoms with Crippen LogP contribution >= 0.6 is 0 Å². The summed E-state index contributed by atoms with van der Waals surface area (Å²) in [6, 6.07) is 4.28. The molecule has 0 unspecified atom stereocenters. The summed E-state index contributed by atoms with van der Waals surface area (Å²) in [5, 5.41) is 3.12. The smallest absolute Gasteiger partial charge is 0.323 e. The van der Waals surface area contributed by atoms with Gasteiger partial charge in [0.05, 0.1) is 34.5 Å². The Hall–Kier alpha value is -4.28. The van der Waals surface area contributed by atoms with E-state index in [1.165, 1.54) is 34.5 Å². The van der Waals surface area contributed by atoms with E-state index < -0.39 is 34.6 Å². The maximum atomic E-state index is 13.4. The van der Waals surface area contributed by atoms with Crippen LogP contribution in [-0.2, 0) is 38.1 Å². The highest BCUT2D eigenvalue weighted by Crippen LogP contribution is 2.33. The molecule has 0 spiro atoms. The maximum absolute atomic E-state index is 13.4. The predicted molar refractivity (Wildman–Crippen MR) is 187 cm³/mol. The first kappa shape index (κ1) is 40.9. The van der Waals surface area contributed by atoms with Gasteiger partial charge in [0.25, 0.3) is 0 Å². The number of rotatable bonds is 13. The monoisotopic (exact) mass is 685 g/mol. The summed E-state index contributed by atoms with van der Waals surface area (Å²) >= 11 is 0. The zero-order chi connectivity index (χ0) is 37.0. The van der Waals surface area contributed by atoms with Crippen LogP contribution in [0, 0.1) is 5.41 Å². The molecule has 0 saturated carbocycles. The Morgan fingerprint density at radius 2 is 1.45 bits per heavy atom. The van der Waals surface area contributed by atoms with Gasteiger partial charge in [0.1, 0.15) is 11.2 Å². The van der Waals surface area contributed by atoms with Crippen LogP contribution in [0.1, 0.15) is 111 Å². The molecule has 2 rings (SSSR count). The van der Waals surface area contributed by atoms with E-state index in [1.807, 2.05) is 6.08 Å². The molecule has 11 heteroatoms. The lowest BCUT2D eigenvalue weighted by Gasteiger charge is -2.32. The maximum Gasteiger partial charge on any atom is 0.323 e. The van der Waals surface area contributed by atoms with Crippen molar-refractivity contribution in [1.82, 2.24) is 5.32 Å². The van der Waals surface area contributed by atoms with Crippen LogP contribution in [0.4, 0.5) is 0 Å². The normalized spacial score (nSPS) is 15.6. The summed E-state index contributed by atoms with van der Waals surface area (Å²) in [5.41, 5.74) is -2.16. The molecule has 1 aliphatic carbocycles. The van der Waals surface area contributed by atoms with E-state index in [2.05, 4.69) is 5.32 Å². The summed E-state index contributed by atoms with van der Waals surface area (Å²) < 4.78 is 33.4. The molecule has 1 N–H and O–H groups in total. The molecule has 11 nitrogen and oxygen atoms in total. The number of carbonyl (C=O) groups excluding carboxylic acids is 3. The molecule has 0 saturated heterocycles. The Balaban J connectivity index is 2.29. The van der Waals surface area contributed by atoms with Crippen molar-refractivity contribution in [2.24, 2.45) is 5.41 Å². The van der Waals surface area contributed by atoms with Crippen LogP contribution in [0.5, 0.6) is 5.75 Å². The molecule has 1 aromatic rings. The lowest BCUT2D eigenvalue weighted by atomic mass is 9.84. The molecule has 0 aromatic heterocycles. The first-order chi connectivity index (χ1) is 22.9. The molecular formula is C38H55NO10. The van der Waals surface area contributed by atoms with Crippen molar-refractivity contribution in [3.63, 3.8) is 0 Å². The van der Waals surface area contributed by atoms with Crippen molar-refractivity contribution in [2.75, 3.05) is 28.4 Å². The quantitative estimate of drug-likeness (QED) is 0.136. The van der Waals surface area contributed by atoms with Gasteiger partial charge in [-0.25, -0.2) is 0 Å². The van der Waals surface area contributed by atoms with Gasteiger partial charge in [0.15, 0.2) is 22.7 Å². The van der Waals surface area contributed by atoms with E-state index in [9.17, 15) is 19.2 Å². The van der Waals surface area contributed by atoms with Gasteiger partial charge < -0.3 is 33.7 Å². The Bertz CT molecular complexity index is 1450. The van der Waals surface area contributed by atoms with Crippen molar-refractivity contribution >= 4 is 23.9 Å². The second-order valence-corrected chi connectivity index (χ2v) is 14.1. The fourth-order valence-corrected chi connectivity index (χ4v) is 5.19. The highest BCUT2D eigenvalue weighted by Gasteiger charge is 2.46. The largest absolute Gasteiger partial charge is 0.493 e. The van der Waals surface area contributed by atoms with Crippen molar-refractivity contribution in [3.05, 3.63) is 69.0 Å². The minimum atomic E-state index is -1.49. The SMILES string of the molecule is COC1=Cc2ccc(OC)c(=O)cc2[C@@H](NC(=O)CCCCCC(C)(C(=O)OC(C)(C)C)C(=O)OC(C)(C)C)CCC=CC(OC)=C1OC. The first-order valence-electron chi connectivity index (χ1n) is 16.6. The number of carbonyl (C=O) groups is 3. The summed E-state index contributed by atoms with van der Waals surface area (Å²) in [4.78, 5) is 52.8. The average Bonchev–Trinajstić information content (AvgIpc) is 3.17. The van der Waals surface area contributed by atoms with Crippen molar-refractivity contribution in [1.29, 1.82) is 0 Å². The highest BCUT2D eigenvalue weighted by atomic mass is 16.6. The van der Waals surface area contributed by atoms with Gasteiger partial charge in [-0.15, -0.1) is 0 Å². The Labute approximate surface area is 291 Å². The first-order valence-corrected chi connectivity index (χ1v) is 16.6. The van der Waals surface area contributed by atoms with E-state index in [-0.39, 0.29) is 29.9 Å². The summed E-state index contributed by atoms with van der Waals surface area (Å²) in [6.45, 7) is 12.1. The second-order valence-electron chi connectivity index (χ2n) is 14.1. The minimum Gasteiger partial charge on any atom is -0.493 e. The number of hydrogen-bond donors (Lipinski definition) is 1. The number of methoxy groups -OCH3 is 4. The molecule has 1 amide bonds. The highest BCUT2D eigenvalue weighted by molar-refractivity contribution is 5.99. The van der Waals surface area contributed by atoms with Crippen LogP contribution in [0.25, 0.3) is 6.08 Å². The Morgan fingerprint density at radius 1 is 0.816 bits per heavy atom. The summed E-state index contributed by atoms with van der Waals surface area (Å²) in [7, 11) is 5.98. The van der Waals surface area contributed by atoms with Gasteiger partial charge in [-0.1, -0.05) is 25.0 Å². The third kappa shape index (κ3) is 12.3. The van der Waals surface area contributed by atoms with Gasteiger partial charge in [0.2, 0.25) is 17.1 Å². The number of hydrogen-bond acceptors (Lipinski definition) is 10. The number of allylic oxidation sites excluding steroid dienone is 2. The average molecular weight is 686 g/mol. The van der Waals surface area contributed by atoms with Crippen LogP contribution in [0.2, 0.25) is 0 Å². The molecule has 49 heavy (non-hydrogen) atoms. The van der Waals surface area contributed by atoms with Gasteiger partial charge >= 0.3 is 11.9 Å². The number of esters is 2. The summed E-state index contributed by atoms with van der Waals surface area (Å²) in [6.07, 6.45) is 8.46. The van der Waals surface area contributed by atoms with E-state index in [4.69, 9.17) is 28.4 Å². The van der Waals surface area contributed by atoms with E-state index in [0.717, 1.165) is 0 Å². The van der Waals surface area contributed by atoms with Crippen LogP contribution in [-0.4, -0.2) is 57.5 Å². The van der Waals surface area contributed by atoms with Crippen molar-refractivity contribution < 1.29 is 42.8 Å². The molecule has 0 heterocycles. The lowest BCUT2D eigenvalue weighted by molar-refractivity contribution is -0.184. The molecular weight excluding hydrogens is 630 g/mol. The number of nitrogens with one attached hydrogen (secondary N) is 1. The zero-order valence-electron chi connectivity index (χ0n) is 31.1. The Kier molecular flexibility index (Phi) is 15.0. The van der Waals surface area contributed by atoms with Gasteiger partial charge in [-0.3, -0.25) is 19.2 Å². The van der Waals surface area contributed by atoms with E-state index in [1.54, 1.807) is 72.8 Å². The fraction of sp³-hybridized carbons (Fsp3) is 0.579. The molecule has 0 aliphatic heterocycles. The van der Waals surface area contributed by atoms with Crippen molar-refractivity contribution in [2.45, 2.75) is 111 Å². The predicted octanol–water partition coefficient (Wildman–Crippen LogP) is 6.69. The van der Waals surface area contributed by atoms with Crippen molar-refractivity contribution in [3.8, 4) is 5.75 Å². The Morgan fingerprint density at radius 3 is 1.98 bits per heavy atom. The fourth-order valence-electron chi connectivity index (χ4n) is 5.19. The number of fused-ring (bicyclic) bond motifs is 1. The van der Waals surface area contributed by atoms with Gasteiger partial charge in [0, 0.05) is 6.42 Å². The number of ether oxygens (including phenoxy) is 6. The molecule has 0 bridgehead atoms. The summed E-state index contributed by atoms with van der Waals surface area (Å²) in [5.74, 6) is -0.134. The third-order valence-corrected chi connectivity index (χ3v) is 7.76. The molecule has 1 aliphatic rings. The minimum absolute atomic E-state index is 0.154. The number of unbranched alkanes of at least 4 members (excludes halogenated alkanes) is 2. The second kappa shape index (κ2) is 17.9. The third-order valence-electron chi connectivity index (χ3n) is 7.76. The van der Waals surface area contributed by atoms with E-state index >= 15 is 0 Å². The molecule has 1 aromatic carbocycles.